The van der Waals surface area contributed by atoms with Gasteiger partial charge < -0.3 is 4.57 Å². The number of rotatable bonds is 6. The normalized spacial score (nSPS) is 13.5. The van der Waals surface area contributed by atoms with Gasteiger partial charge in [-0.25, -0.2) is 0 Å². The number of nitriles is 1. The summed E-state index contributed by atoms with van der Waals surface area (Å²) in [4.78, 5) is 29.9. The molecule has 0 saturated heterocycles. The van der Waals surface area contributed by atoms with Crippen molar-refractivity contribution >= 4 is 23.1 Å². The van der Waals surface area contributed by atoms with Crippen LogP contribution in [0.5, 0.6) is 0 Å². The minimum atomic E-state index is -0.616. The van der Waals surface area contributed by atoms with E-state index in [-0.39, 0.29) is 17.8 Å². The number of carbonyl (C=O) groups is 1. The van der Waals surface area contributed by atoms with Gasteiger partial charge in [-0.2, -0.15) is 5.26 Å². The zero-order chi connectivity index (χ0) is 22.7. The lowest BCUT2D eigenvalue weighted by Crippen LogP contribution is -2.28. The molecule has 0 radical (unpaired) electrons. The summed E-state index contributed by atoms with van der Waals surface area (Å²) in [7, 11) is 0. The van der Waals surface area contributed by atoms with Gasteiger partial charge in [0, 0.05) is 41.9 Å². The number of benzene rings is 2. The number of Topliss-reactive ketones (excluding diaryl/α,β-unsaturated/α-hetero) is 1. The predicted octanol–water partition coefficient (Wildman–Crippen LogP) is 5.12. The topological polar surface area (TPSA) is 75.2 Å². The zero-order valence-electron chi connectivity index (χ0n) is 17.5. The van der Waals surface area contributed by atoms with Gasteiger partial charge in [0.15, 0.2) is 5.78 Å². The highest BCUT2D eigenvalue weighted by molar-refractivity contribution is 6.30. The summed E-state index contributed by atoms with van der Waals surface area (Å²) in [5.74, 6) is -0.0621. The molecule has 2 heterocycles. The molecule has 1 aromatic heterocycles. The maximum absolute atomic E-state index is 12.9. The summed E-state index contributed by atoms with van der Waals surface area (Å²) in [6.45, 7) is 1.72. The second-order valence-electron chi connectivity index (χ2n) is 7.64. The third kappa shape index (κ3) is 4.46. The van der Waals surface area contributed by atoms with E-state index in [1.165, 1.54) is 10.6 Å². The van der Waals surface area contributed by atoms with Crippen LogP contribution < -0.4 is 5.56 Å². The Morgan fingerprint density at radius 3 is 2.59 bits per heavy atom. The van der Waals surface area contributed by atoms with Gasteiger partial charge in [-0.1, -0.05) is 41.9 Å². The van der Waals surface area contributed by atoms with Gasteiger partial charge in [0.2, 0.25) is 0 Å². The third-order valence-electron chi connectivity index (χ3n) is 5.56. The fourth-order valence-electron chi connectivity index (χ4n) is 3.70. The number of hydrogen-bond donors (Lipinski definition) is 0. The first-order chi connectivity index (χ1) is 15.5. The Hall–Kier alpha value is -3.75. The number of aliphatic imine (C=N–C) groups is 1. The van der Waals surface area contributed by atoms with Crippen LogP contribution in [0, 0.1) is 11.3 Å². The fourth-order valence-corrected chi connectivity index (χ4v) is 3.87. The Labute approximate surface area is 190 Å². The van der Waals surface area contributed by atoms with Crippen LogP contribution in [0.1, 0.15) is 36.1 Å². The van der Waals surface area contributed by atoms with Gasteiger partial charge in [-0.3, -0.25) is 14.6 Å². The van der Waals surface area contributed by atoms with Crippen molar-refractivity contribution in [1.29, 1.82) is 5.26 Å². The number of allylic oxidation sites excluding steroid dienone is 1. The van der Waals surface area contributed by atoms with Crippen LogP contribution in [0.3, 0.4) is 0 Å². The Bertz CT molecular complexity index is 1340. The quantitative estimate of drug-likeness (QED) is 0.532. The summed E-state index contributed by atoms with van der Waals surface area (Å²) in [5.41, 5.74) is 4.24. The highest BCUT2D eigenvalue weighted by Crippen LogP contribution is 2.26. The van der Waals surface area contributed by atoms with Crippen molar-refractivity contribution in [2.75, 3.05) is 0 Å². The maximum Gasteiger partial charge on any atom is 0.251 e. The largest absolute Gasteiger partial charge is 0.305 e. The van der Waals surface area contributed by atoms with Crippen molar-refractivity contribution in [3.63, 3.8) is 0 Å². The van der Waals surface area contributed by atoms with E-state index in [0.29, 0.717) is 21.7 Å². The Kier molecular flexibility index (Phi) is 6.16. The van der Waals surface area contributed by atoms with Crippen molar-refractivity contribution in [3.05, 3.63) is 105 Å². The molecule has 0 bridgehead atoms. The molecule has 5 nitrogen and oxygen atoms in total. The molecule has 0 N–H and O–H groups in total. The molecule has 0 spiro atoms. The summed E-state index contributed by atoms with van der Waals surface area (Å²) in [6, 6.07) is 17.4. The van der Waals surface area contributed by atoms with E-state index in [1.807, 2.05) is 30.3 Å². The molecule has 6 heteroatoms. The van der Waals surface area contributed by atoms with Gasteiger partial charge in [0.25, 0.3) is 5.56 Å². The molecule has 3 aromatic rings. The van der Waals surface area contributed by atoms with Gasteiger partial charge in [0.1, 0.15) is 0 Å². The van der Waals surface area contributed by atoms with E-state index in [4.69, 9.17) is 11.6 Å². The molecule has 0 saturated carbocycles. The summed E-state index contributed by atoms with van der Waals surface area (Å²) < 4.78 is 1.41. The van der Waals surface area contributed by atoms with E-state index in [9.17, 15) is 14.9 Å². The number of ketones is 1. The van der Waals surface area contributed by atoms with Crippen LogP contribution in [0.4, 0.5) is 0 Å². The molecule has 32 heavy (non-hydrogen) atoms. The smallest absolute Gasteiger partial charge is 0.251 e. The SMILES string of the molecule is CC(C(=O)Cc1ccc(C2=NC=CC2)cc1)n1ccc(-c2cc(Cl)ccc2C#N)cc1=O. The summed E-state index contributed by atoms with van der Waals surface area (Å²) in [6.07, 6.45) is 6.44. The van der Waals surface area contributed by atoms with Crippen LogP contribution in [-0.2, 0) is 11.2 Å². The molecule has 4 rings (SSSR count). The second kappa shape index (κ2) is 9.17. The van der Waals surface area contributed by atoms with E-state index in [2.05, 4.69) is 11.1 Å². The summed E-state index contributed by atoms with van der Waals surface area (Å²) in [5, 5.41) is 9.82. The first kappa shape index (κ1) is 21.5. The zero-order valence-corrected chi connectivity index (χ0v) is 18.2. The number of halogens is 1. The Balaban J connectivity index is 1.51. The second-order valence-corrected chi connectivity index (χ2v) is 8.08. The van der Waals surface area contributed by atoms with Crippen LogP contribution in [0.15, 0.2) is 82.9 Å². The number of carbonyl (C=O) groups excluding carboxylic acids is 1. The maximum atomic E-state index is 12.9. The first-order valence-electron chi connectivity index (χ1n) is 10.2. The van der Waals surface area contributed by atoms with Gasteiger partial charge in [0.05, 0.1) is 23.4 Å². The highest BCUT2D eigenvalue weighted by atomic mass is 35.5. The van der Waals surface area contributed by atoms with Gasteiger partial charge in [-0.05, 0) is 47.9 Å². The van der Waals surface area contributed by atoms with Crippen molar-refractivity contribution < 1.29 is 4.79 Å². The molecule has 1 atom stereocenters. The standard InChI is InChI=1S/C26H20ClN3O2/c1-17(25(31)13-18-4-6-19(7-5-18)24-3-2-11-29-24)30-12-10-20(14-26(30)32)23-15-22(27)9-8-21(23)16-28/h2,4-12,14-15,17H,3,13H2,1H3. The molecule has 0 fully saturated rings. The molecule has 1 aliphatic heterocycles. The predicted molar refractivity (Wildman–Crippen MR) is 126 cm³/mol. The van der Waals surface area contributed by atoms with Crippen molar-refractivity contribution in [2.45, 2.75) is 25.8 Å². The molecule has 0 aliphatic carbocycles. The van der Waals surface area contributed by atoms with Crippen LogP contribution in [0.25, 0.3) is 11.1 Å². The third-order valence-corrected chi connectivity index (χ3v) is 5.79. The first-order valence-corrected chi connectivity index (χ1v) is 10.6. The summed E-state index contributed by atoms with van der Waals surface area (Å²) >= 11 is 6.06. The lowest BCUT2D eigenvalue weighted by atomic mass is 10.00. The van der Waals surface area contributed by atoms with Crippen molar-refractivity contribution in [1.82, 2.24) is 4.57 Å². The van der Waals surface area contributed by atoms with E-state index in [0.717, 1.165) is 23.3 Å². The van der Waals surface area contributed by atoms with Crippen LogP contribution in [0.2, 0.25) is 5.02 Å². The highest BCUT2D eigenvalue weighted by Gasteiger charge is 2.18. The van der Waals surface area contributed by atoms with Crippen LogP contribution >= 0.6 is 11.6 Å². The molecular formula is C26H20ClN3O2. The minimum absolute atomic E-state index is 0.0621. The fraction of sp³-hybridized carbons (Fsp3) is 0.154. The van der Waals surface area contributed by atoms with Gasteiger partial charge >= 0.3 is 0 Å². The molecule has 0 amide bonds. The molecular weight excluding hydrogens is 422 g/mol. The van der Waals surface area contributed by atoms with Crippen molar-refractivity contribution in [2.24, 2.45) is 4.99 Å². The number of nitrogens with zero attached hydrogens (tertiary/aromatic N) is 3. The van der Waals surface area contributed by atoms with Crippen LogP contribution in [-0.4, -0.2) is 16.1 Å². The Morgan fingerprint density at radius 1 is 1.16 bits per heavy atom. The van der Waals surface area contributed by atoms with E-state index < -0.39 is 6.04 Å². The minimum Gasteiger partial charge on any atom is -0.305 e. The Morgan fingerprint density at radius 2 is 1.94 bits per heavy atom. The average Bonchev–Trinajstić information content (AvgIpc) is 3.34. The molecule has 1 unspecified atom stereocenters. The van der Waals surface area contributed by atoms with E-state index in [1.54, 1.807) is 43.6 Å². The lowest BCUT2D eigenvalue weighted by molar-refractivity contribution is -0.121. The molecule has 1 aliphatic rings. The number of aromatic nitrogens is 1. The van der Waals surface area contributed by atoms with Gasteiger partial charge in [-0.15, -0.1) is 0 Å². The van der Waals surface area contributed by atoms with Crippen molar-refractivity contribution in [3.8, 4) is 17.2 Å². The van der Waals surface area contributed by atoms with E-state index >= 15 is 0 Å². The monoisotopic (exact) mass is 441 g/mol. The number of hydrogen-bond acceptors (Lipinski definition) is 4. The number of pyridine rings is 1. The average molecular weight is 442 g/mol. The molecule has 2 aromatic carbocycles. The lowest BCUT2D eigenvalue weighted by Gasteiger charge is -2.15. The molecule has 158 valence electrons.